The fraction of sp³-hybridized carbons (Fsp3) is 0. The molecule has 0 saturated carbocycles. The third-order valence-electron chi connectivity index (χ3n) is 4.20. The van der Waals surface area contributed by atoms with Crippen LogP contribution in [-0.4, -0.2) is 0 Å². The third-order valence-corrected chi connectivity index (χ3v) is 4.20. The molecule has 0 saturated heterocycles. The molecule has 0 radical (unpaired) electrons. The van der Waals surface area contributed by atoms with Gasteiger partial charge in [-0.25, -0.2) is 0 Å². The maximum absolute atomic E-state index is 3.93. The zero-order valence-corrected chi connectivity index (χ0v) is 12.3. The van der Waals surface area contributed by atoms with Crippen LogP contribution in [0.15, 0.2) is 85.4 Å². The largest absolute Gasteiger partial charge is 0.0985 e. The molecule has 0 nitrogen and oxygen atoms in total. The average molecular weight is 280 g/mol. The fourth-order valence-corrected chi connectivity index (χ4v) is 3.13. The molecule has 4 rings (SSSR count). The molecule has 0 aromatic heterocycles. The molecule has 0 atom stereocenters. The van der Waals surface area contributed by atoms with Crippen molar-refractivity contribution in [2.75, 3.05) is 0 Å². The first-order chi connectivity index (χ1) is 10.9. The van der Waals surface area contributed by atoms with Crippen LogP contribution >= 0.6 is 0 Å². The molecule has 0 amide bonds. The number of benzene rings is 4. The Morgan fingerprint density at radius 3 is 2.00 bits per heavy atom. The molecule has 0 fully saturated rings. The van der Waals surface area contributed by atoms with Crippen LogP contribution in [0.2, 0.25) is 0 Å². The summed E-state index contributed by atoms with van der Waals surface area (Å²) in [5, 5.41) is 5.09. The topological polar surface area (TPSA) is 0 Å². The second kappa shape index (κ2) is 5.16. The van der Waals surface area contributed by atoms with E-state index in [4.69, 9.17) is 0 Å². The number of fused-ring (bicyclic) bond motifs is 2. The summed E-state index contributed by atoms with van der Waals surface area (Å²) >= 11 is 0. The summed E-state index contributed by atoms with van der Waals surface area (Å²) in [5.41, 5.74) is 3.70. The first-order valence-electron chi connectivity index (χ1n) is 7.50. The third kappa shape index (κ3) is 2.01. The van der Waals surface area contributed by atoms with E-state index >= 15 is 0 Å². The van der Waals surface area contributed by atoms with E-state index in [9.17, 15) is 0 Å². The fourth-order valence-electron chi connectivity index (χ4n) is 3.13. The van der Waals surface area contributed by atoms with Crippen LogP contribution in [0.4, 0.5) is 0 Å². The smallest absolute Gasteiger partial charge is 0.00932 e. The Balaban J connectivity index is 2.14. The molecular weight excluding hydrogens is 264 g/mol. The highest BCUT2D eigenvalue weighted by Crippen LogP contribution is 2.35. The second-order valence-electron chi connectivity index (χ2n) is 5.52. The minimum Gasteiger partial charge on any atom is -0.0985 e. The van der Waals surface area contributed by atoms with Crippen LogP contribution in [0.3, 0.4) is 0 Å². The van der Waals surface area contributed by atoms with Gasteiger partial charge in [0.15, 0.2) is 0 Å². The summed E-state index contributed by atoms with van der Waals surface area (Å²) in [7, 11) is 0. The van der Waals surface area contributed by atoms with E-state index in [1.807, 2.05) is 6.08 Å². The molecule has 104 valence electrons. The minimum absolute atomic E-state index is 1.15. The molecule has 0 heterocycles. The highest BCUT2D eigenvalue weighted by atomic mass is 14.1. The van der Waals surface area contributed by atoms with Crippen LogP contribution in [0.1, 0.15) is 5.56 Å². The number of hydrogen-bond donors (Lipinski definition) is 0. The number of rotatable bonds is 2. The van der Waals surface area contributed by atoms with Gasteiger partial charge in [-0.15, -0.1) is 0 Å². The molecule has 4 aromatic carbocycles. The molecule has 0 bridgehead atoms. The van der Waals surface area contributed by atoms with Gasteiger partial charge < -0.3 is 0 Å². The van der Waals surface area contributed by atoms with Gasteiger partial charge in [-0.05, 0) is 50.4 Å². The quantitative estimate of drug-likeness (QED) is 0.404. The van der Waals surface area contributed by atoms with E-state index in [0.717, 1.165) is 5.56 Å². The lowest BCUT2D eigenvalue weighted by Gasteiger charge is -2.12. The summed E-state index contributed by atoms with van der Waals surface area (Å²) in [4.78, 5) is 0. The lowest BCUT2D eigenvalue weighted by molar-refractivity contribution is 1.66. The van der Waals surface area contributed by atoms with Crippen molar-refractivity contribution in [1.82, 2.24) is 0 Å². The zero-order chi connectivity index (χ0) is 14.9. The van der Waals surface area contributed by atoms with Crippen LogP contribution in [-0.2, 0) is 0 Å². The molecular formula is C22H16. The SMILES string of the molecule is C=Cc1cc(-c2cccc3ccccc23)c2ccccc2c1. The normalized spacial score (nSPS) is 10.9. The van der Waals surface area contributed by atoms with Gasteiger partial charge in [0.1, 0.15) is 0 Å². The average Bonchev–Trinajstić information content (AvgIpc) is 2.60. The van der Waals surface area contributed by atoms with Crippen molar-refractivity contribution in [2.24, 2.45) is 0 Å². The molecule has 0 unspecified atom stereocenters. The maximum Gasteiger partial charge on any atom is -0.00932 e. The molecule has 0 heteroatoms. The van der Waals surface area contributed by atoms with Gasteiger partial charge in [0.25, 0.3) is 0 Å². The highest BCUT2D eigenvalue weighted by Gasteiger charge is 2.08. The Bertz CT molecular complexity index is 988. The van der Waals surface area contributed by atoms with Crippen molar-refractivity contribution >= 4 is 27.6 Å². The first kappa shape index (κ1) is 12.8. The molecule has 4 aromatic rings. The van der Waals surface area contributed by atoms with Crippen molar-refractivity contribution in [2.45, 2.75) is 0 Å². The Morgan fingerprint density at radius 2 is 1.23 bits per heavy atom. The summed E-state index contributed by atoms with van der Waals surface area (Å²) in [6, 6.07) is 28.0. The van der Waals surface area contributed by atoms with E-state index in [-0.39, 0.29) is 0 Å². The second-order valence-corrected chi connectivity index (χ2v) is 5.52. The summed E-state index contributed by atoms with van der Waals surface area (Å²) in [5.74, 6) is 0. The Kier molecular flexibility index (Phi) is 3.01. The molecule has 0 aliphatic carbocycles. The van der Waals surface area contributed by atoms with Gasteiger partial charge >= 0.3 is 0 Å². The monoisotopic (exact) mass is 280 g/mol. The Labute approximate surface area is 130 Å². The van der Waals surface area contributed by atoms with Gasteiger partial charge in [0.2, 0.25) is 0 Å². The van der Waals surface area contributed by atoms with Gasteiger partial charge in [-0.3, -0.25) is 0 Å². The zero-order valence-electron chi connectivity index (χ0n) is 12.3. The predicted octanol–water partition coefficient (Wildman–Crippen LogP) is 6.30. The van der Waals surface area contributed by atoms with E-state index in [0.29, 0.717) is 0 Å². The van der Waals surface area contributed by atoms with Crippen molar-refractivity contribution in [3.05, 3.63) is 91.0 Å². The van der Waals surface area contributed by atoms with E-state index in [1.54, 1.807) is 0 Å². The van der Waals surface area contributed by atoms with Crippen LogP contribution in [0.5, 0.6) is 0 Å². The lowest BCUT2D eigenvalue weighted by atomic mass is 9.92. The predicted molar refractivity (Wildman–Crippen MR) is 97.0 cm³/mol. The van der Waals surface area contributed by atoms with Crippen LogP contribution in [0.25, 0.3) is 38.7 Å². The van der Waals surface area contributed by atoms with Gasteiger partial charge in [0.05, 0.1) is 0 Å². The minimum atomic E-state index is 1.15. The molecule has 0 spiro atoms. The van der Waals surface area contributed by atoms with E-state index in [1.165, 1.54) is 32.7 Å². The maximum atomic E-state index is 3.93. The summed E-state index contributed by atoms with van der Waals surface area (Å²) in [6.45, 7) is 3.93. The standard InChI is InChI=1S/C22H16/c1-2-16-14-18-9-4-6-12-20(18)22(15-16)21-13-7-10-17-8-3-5-11-19(17)21/h2-15H,1H2. The van der Waals surface area contributed by atoms with Crippen molar-refractivity contribution in [3.8, 4) is 11.1 Å². The van der Waals surface area contributed by atoms with E-state index in [2.05, 4.69) is 85.4 Å². The summed E-state index contributed by atoms with van der Waals surface area (Å²) in [6.07, 6.45) is 1.92. The number of hydrogen-bond acceptors (Lipinski definition) is 0. The molecule has 0 aliphatic rings. The molecule has 0 N–H and O–H groups in total. The van der Waals surface area contributed by atoms with Gasteiger partial charge in [0, 0.05) is 0 Å². The highest BCUT2D eigenvalue weighted by molar-refractivity contribution is 6.06. The lowest BCUT2D eigenvalue weighted by Crippen LogP contribution is -1.86. The van der Waals surface area contributed by atoms with Gasteiger partial charge in [-0.1, -0.05) is 79.4 Å². The van der Waals surface area contributed by atoms with Crippen LogP contribution < -0.4 is 0 Å². The summed E-state index contributed by atoms with van der Waals surface area (Å²) < 4.78 is 0. The molecule has 0 aliphatic heterocycles. The van der Waals surface area contributed by atoms with Crippen molar-refractivity contribution < 1.29 is 0 Å². The van der Waals surface area contributed by atoms with Crippen molar-refractivity contribution in [1.29, 1.82) is 0 Å². The molecule has 22 heavy (non-hydrogen) atoms. The van der Waals surface area contributed by atoms with E-state index < -0.39 is 0 Å². The Hall–Kier alpha value is -2.86. The van der Waals surface area contributed by atoms with Gasteiger partial charge in [-0.2, -0.15) is 0 Å². The van der Waals surface area contributed by atoms with Crippen LogP contribution in [0, 0.1) is 0 Å². The Morgan fingerprint density at radius 1 is 0.591 bits per heavy atom. The first-order valence-corrected chi connectivity index (χ1v) is 7.50. The van der Waals surface area contributed by atoms with Crippen molar-refractivity contribution in [3.63, 3.8) is 0 Å².